The molecule has 1 N–H and O–H groups in total. The second-order valence-corrected chi connectivity index (χ2v) is 11.5. The lowest BCUT2D eigenvalue weighted by molar-refractivity contribution is -0.274. The summed E-state index contributed by atoms with van der Waals surface area (Å²) >= 11 is 0. The lowest BCUT2D eigenvalue weighted by Crippen LogP contribution is -2.51. The number of fused-ring (bicyclic) bond motifs is 1. The van der Waals surface area contributed by atoms with E-state index >= 15 is 0 Å². The molecule has 11 nitrogen and oxygen atoms in total. The Bertz CT molecular complexity index is 1570. The zero-order valence-electron chi connectivity index (χ0n) is 24.8. The van der Waals surface area contributed by atoms with Gasteiger partial charge in [-0.25, -0.2) is 9.18 Å². The molecule has 1 saturated heterocycles. The number of likely N-dealkylation sites (tertiary alicyclic amines) is 1. The standard InChI is InChI=1S/C30H33F4N7O4/c1-18(2)17-44-29(43)40-14-22(15-40)19-9-20-10-23(36-37-26(20)12-19)5-3-4-8-41-16-27(38-39-41)28(42)35-13-21-11-24(6-7-25(21)31)45-30(32,33)34/h6-7,9-11,16,18,22H,3-5,8,12-15,17H2,1-2H3,(H,35,42). The maximum atomic E-state index is 14.0. The van der Waals surface area contributed by atoms with Gasteiger partial charge in [-0.2, -0.15) is 10.2 Å². The van der Waals surface area contributed by atoms with Crippen LogP contribution in [0.15, 0.2) is 36.0 Å². The van der Waals surface area contributed by atoms with E-state index in [4.69, 9.17) is 4.74 Å². The maximum Gasteiger partial charge on any atom is 0.573 e. The molecular weight excluding hydrogens is 598 g/mol. The Morgan fingerprint density at radius 2 is 1.91 bits per heavy atom. The van der Waals surface area contributed by atoms with Crippen LogP contribution in [0.1, 0.15) is 59.7 Å². The average molecular weight is 632 g/mol. The molecule has 2 amide bonds. The number of alkyl halides is 3. The van der Waals surface area contributed by atoms with Crippen LogP contribution in [0.25, 0.3) is 6.08 Å². The lowest BCUT2D eigenvalue weighted by Gasteiger charge is -2.39. The molecule has 3 aromatic rings. The van der Waals surface area contributed by atoms with Crippen molar-refractivity contribution in [1.82, 2.24) is 35.4 Å². The Balaban J connectivity index is 1.04. The minimum Gasteiger partial charge on any atom is -0.449 e. The van der Waals surface area contributed by atoms with Crippen LogP contribution in [0.2, 0.25) is 0 Å². The van der Waals surface area contributed by atoms with Crippen molar-refractivity contribution in [3.8, 4) is 5.75 Å². The van der Waals surface area contributed by atoms with E-state index in [0.29, 0.717) is 44.5 Å². The largest absolute Gasteiger partial charge is 0.573 e. The topological polar surface area (TPSA) is 124 Å². The van der Waals surface area contributed by atoms with E-state index in [0.717, 1.165) is 54.4 Å². The first kappa shape index (κ1) is 31.9. The molecule has 0 bridgehead atoms. The number of hydrogen-bond donors (Lipinski definition) is 1. The Kier molecular flexibility index (Phi) is 9.63. The fraction of sp³-hybridized carbons (Fsp3) is 0.467. The predicted octanol–water partition coefficient (Wildman–Crippen LogP) is 4.72. The normalized spacial score (nSPS) is 14.6. The molecule has 0 unspecified atom stereocenters. The van der Waals surface area contributed by atoms with Crippen LogP contribution in [0.3, 0.4) is 0 Å². The highest BCUT2D eigenvalue weighted by Gasteiger charge is 2.36. The van der Waals surface area contributed by atoms with Gasteiger partial charge in [0.05, 0.1) is 24.2 Å². The third-order valence-electron chi connectivity index (χ3n) is 7.40. The highest BCUT2D eigenvalue weighted by Crippen LogP contribution is 2.33. The Hall–Kier alpha value is -4.56. The van der Waals surface area contributed by atoms with Crippen molar-refractivity contribution in [2.45, 2.75) is 59.0 Å². The molecule has 0 radical (unpaired) electrons. The van der Waals surface area contributed by atoms with E-state index in [1.54, 1.807) is 4.90 Å². The molecule has 1 aliphatic carbocycles. The summed E-state index contributed by atoms with van der Waals surface area (Å²) in [6.07, 6.45) is 1.37. The number of unbranched alkanes of at least 4 members (excludes halogenated alkanes) is 1. The van der Waals surface area contributed by atoms with Crippen LogP contribution in [-0.2, 0) is 30.7 Å². The van der Waals surface area contributed by atoms with Gasteiger partial charge in [-0.3, -0.25) is 9.48 Å². The van der Waals surface area contributed by atoms with Gasteiger partial charge < -0.3 is 19.7 Å². The number of aromatic nitrogens is 5. The monoisotopic (exact) mass is 631 g/mol. The summed E-state index contributed by atoms with van der Waals surface area (Å²) in [5.41, 5.74) is 3.94. The number of halogens is 4. The SMILES string of the molecule is CC(C)COC(=O)N1CC(C2=Cc3cc(CCCCn4cc(C(=O)NCc5cc(OC(F)(F)F)ccc5F)nn4)nnc3C2)C1. The van der Waals surface area contributed by atoms with Crippen molar-refractivity contribution in [3.63, 3.8) is 0 Å². The second-order valence-electron chi connectivity index (χ2n) is 11.5. The zero-order chi connectivity index (χ0) is 32.1. The fourth-order valence-corrected chi connectivity index (χ4v) is 5.00. The first-order valence-corrected chi connectivity index (χ1v) is 14.6. The highest BCUT2D eigenvalue weighted by molar-refractivity contribution is 5.91. The minimum atomic E-state index is -4.92. The van der Waals surface area contributed by atoms with Crippen LogP contribution in [0, 0.1) is 17.7 Å². The number of nitrogens with one attached hydrogen (secondary N) is 1. The smallest absolute Gasteiger partial charge is 0.449 e. The number of carbonyl (C=O) groups is 2. The summed E-state index contributed by atoms with van der Waals surface area (Å²) in [5.74, 6) is -1.43. The van der Waals surface area contributed by atoms with Gasteiger partial charge >= 0.3 is 12.5 Å². The van der Waals surface area contributed by atoms with Gasteiger partial charge in [0.1, 0.15) is 11.6 Å². The van der Waals surface area contributed by atoms with Gasteiger partial charge in [0, 0.05) is 44.1 Å². The summed E-state index contributed by atoms with van der Waals surface area (Å²) in [5, 5.41) is 19.0. The van der Waals surface area contributed by atoms with Gasteiger partial charge in [0.2, 0.25) is 0 Å². The Morgan fingerprint density at radius 3 is 2.67 bits per heavy atom. The number of carbonyl (C=O) groups excluding carboxylic acids is 2. The minimum absolute atomic E-state index is 0.00721. The Labute approximate surface area is 256 Å². The van der Waals surface area contributed by atoms with E-state index in [-0.39, 0.29) is 23.9 Å². The molecule has 1 aromatic carbocycles. The number of aryl methyl sites for hydroxylation is 2. The third-order valence-corrected chi connectivity index (χ3v) is 7.40. The quantitative estimate of drug-likeness (QED) is 0.225. The van der Waals surface area contributed by atoms with E-state index in [1.807, 2.05) is 19.9 Å². The molecule has 0 spiro atoms. The van der Waals surface area contributed by atoms with Crippen LogP contribution in [0.5, 0.6) is 5.75 Å². The molecule has 45 heavy (non-hydrogen) atoms. The van der Waals surface area contributed by atoms with Crippen molar-refractivity contribution in [2.75, 3.05) is 19.7 Å². The zero-order valence-corrected chi connectivity index (χ0v) is 24.8. The van der Waals surface area contributed by atoms with Crippen molar-refractivity contribution in [2.24, 2.45) is 11.8 Å². The Morgan fingerprint density at radius 1 is 1.11 bits per heavy atom. The third kappa shape index (κ3) is 8.54. The van der Waals surface area contributed by atoms with Gasteiger partial charge in [-0.1, -0.05) is 30.7 Å². The molecule has 240 valence electrons. The average Bonchev–Trinajstić information content (AvgIpc) is 3.60. The lowest BCUT2D eigenvalue weighted by atomic mass is 9.91. The molecule has 0 atom stereocenters. The summed E-state index contributed by atoms with van der Waals surface area (Å²) in [7, 11) is 0. The van der Waals surface area contributed by atoms with E-state index in [2.05, 4.69) is 36.6 Å². The second kappa shape index (κ2) is 13.6. The van der Waals surface area contributed by atoms with Gasteiger partial charge in [-0.05, 0) is 55.0 Å². The van der Waals surface area contributed by atoms with Crippen molar-refractivity contribution in [1.29, 1.82) is 0 Å². The number of rotatable bonds is 12. The van der Waals surface area contributed by atoms with Gasteiger partial charge in [0.15, 0.2) is 5.69 Å². The summed E-state index contributed by atoms with van der Waals surface area (Å²) in [6.45, 7) is 5.85. The van der Waals surface area contributed by atoms with Crippen molar-refractivity contribution in [3.05, 3.63) is 70.1 Å². The van der Waals surface area contributed by atoms with Crippen LogP contribution < -0.4 is 10.1 Å². The number of amides is 2. The highest BCUT2D eigenvalue weighted by atomic mass is 19.4. The van der Waals surface area contributed by atoms with Crippen molar-refractivity contribution >= 4 is 18.1 Å². The number of hydrogen-bond acceptors (Lipinski definition) is 8. The molecule has 5 rings (SSSR count). The van der Waals surface area contributed by atoms with E-state index < -0.39 is 23.8 Å². The first-order chi connectivity index (χ1) is 21.4. The molecule has 2 aliphatic rings. The van der Waals surface area contributed by atoms with Crippen LogP contribution >= 0.6 is 0 Å². The van der Waals surface area contributed by atoms with E-state index in [9.17, 15) is 27.2 Å². The van der Waals surface area contributed by atoms with Gasteiger partial charge in [-0.15, -0.1) is 18.3 Å². The molecule has 3 heterocycles. The molecule has 1 aliphatic heterocycles. The van der Waals surface area contributed by atoms with Crippen LogP contribution in [-0.4, -0.2) is 68.2 Å². The predicted molar refractivity (Wildman–Crippen MR) is 152 cm³/mol. The summed E-state index contributed by atoms with van der Waals surface area (Å²) in [4.78, 5) is 26.3. The summed E-state index contributed by atoms with van der Waals surface area (Å²) in [6, 6.07) is 4.61. The van der Waals surface area contributed by atoms with Crippen molar-refractivity contribution < 1.29 is 36.6 Å². The molecular formula is C30H33F4N7O4. The molecule has 1 fully saturated rings. The number of ether oxygens (including phenoxy) is 2. The molecule has 0 saturated carbocycles. The van der Waals surface area contributed by atoms with E-state index in [1.165, 1.54) is 16.5 Å². The van der Waals surface area contributed by atoms with Gasteiger partial charge in [0.25, 0.3) is 5.91 Å². The number of nitrogens with zero attached hydrogens (tertiary/aromatic N) is 6. The summed E-state index contributed by atoms with van der Waals surface area (Å²) < 4.78 is 62.0. The number of benzene rings is 1. The maximum absolute atomic E-state index is 14.0. The fourth-order valence-electron chi connectivity index (χ4n) is 5.00. The molecule has 2 aromatic heterocycles. The van der Waals surface area contributed by atoms with Crippen LogP contribution in [0.4, 0.5) is 22.4 Å². The molecule has 15 heteroatoms. The first-order valence-electron chi connectivity index (χ1n) is 14.6.